The Balaban J connectivity index is -0.0000000817. The molecular formula is C4H2K3O4+. The third-order valence-corrected chi connectivity index (χ3v) is 0.355. The van der Waals surface area contributed by atoms with Crippen molar-refractivity contribution in [1.82, 2.24) is 0 Å². The van der Waals surface area contributed by atoms with Crippen LogP contribution in [0.25, 0.3) is 0 Å². The molecule has 0 aromatic heterocycles. The van der Waals surface area contributed by atoms with Gasteiger partial charge in [0.25, 0.3) is 0 Å². The number of rotatable bonds is 2. The van der Waals surface area contributed by atoms with Crippen LogP contribution in [0.1, 0.15) is 0 Å². The van der Waals surface area contributed by atoms with Crippen molar-refractivity contribution in [3.8, 4) is 0 Å². The molecule has 0 atom stereocenters. The first kappa shape index (κ1) is 24.0. The molecule has 0 saturated heterocycles. The first-order valence-corrected chi connectivity index (χ1v) is 1.73. The number of hydrogen-bond acceptors (Lipinski definition) is 4. The molecule has 0 radical (unpaired) electrons. The Hall–Kier alpha value is 3.59. The average Bonchev–Trinajstić information content (AvgIpc) is 1.61. The summed E-state index contributed by atoms with van der Waals surface area (Å²) in [5.41, 5.74) is 0. The molecule has 0 aliphatic heterocycles. The van der Waals surface area contributed by atoms with Gasteiger partial charge in [0.2, 0.25) is 0 Å². The summed E-state index contributed by atoms with van der Waals surface area (Å²) in [7, 11) is 0. The number of carboxylic acid groups (broad SMARTS) is 2. The number of carboxylic acids is 2. The standard InChI is InChI=1S/C4H4O4.3K/c5-3(6)1-2-4(7)8;;;/h1-2H,(H,5,6)(H,7,8);;;/q;3*+1/p-2. The van der Waals surface area contributed by atoms with Crippen molar-refractivity contribution in [2.75, 3.05) is 0 Å². The van der Waals surface area contributed by atoms with Gasteiger partial charge in [-0.25, -0.2) is 0 Å². The second-order valence-electron chi connectivity index (χ2n) is 0.971. The van der Waals surface area contributed by atoms with Crippen molar-refractivity contribution < 1.29 is 174 Å². The number of carbonyl (C=O) groups is 2. The van der Waals surface area contributed by atoms with Crippen molar-refractivity contribution in [2.24, 2.45) is 0 Å². The minimum absolute atomic E-state index is 0. The van der Waals surface area contributed by atoms with Crippen molar-refractivity contribution >= 4 is 11.9 Å². The number of carbonyl (C=O) groups excluding carboxylic acids is 2. The Morgan fingerprint density at radius 2 is 1.00 bits per heavy atom. The van der Waals surface area contributed by atoms with E-state index in [0.717, 1.165) is 0 Å². The number of hydrogen-bond donors (Lipinski definition) is 0. The summed E-state index contributed by atoms with van der Waals surface area (Å²) in [5.74, 6) is -3.09. The zero-order chi connectivity index (χ0) is 6.57. The molecule has 0 amide bonds. The molecule has 44 valence electrons. The second kappa shape index (κ2) is 16.0. The minimum atomic E-state index is -1.55. The molecule has 0 aliphatic rings. The van der Waals surface area contributed by atoms with Gasteiger partial charge >= 0.3 is 154 Å². The molecule has 0 fully saturated rings. The van der Waals surface area contributed by atoms with E-state index in [9.17, 15) is 19.8 Å². The second-order valence-corrected chi connectivity index (χ2v) is 0.971. The molecule has 0 heterocycles. The Labute approximate surface area is 192 Å². The summed E-state index contributed by atoms with van der Waals surface area (Å²) in [6.45, 7) is 0. The van der Waals surface area contributed by atoms with Crippen molar-refractivity contribution in [3.63, 3.8) is 0 Å². The van der Waals surface area contributed by atoms with Gasteiger partial charge in [-0.2, -0.15) is 0 Å². The summed E-state index contributed by atoms with van der Waals surface area (Å²) in [5, 5.41) is 18.8. The molecule has 0 unspecified atom stereocenters. The summed E-state index contributed by atoms with van der Waals surface area (Å²) in [4.78, 5) is 18.8. The van der Waals surface area contributed by atoms with Gasteiger partial charge in [-0.1, -0.05) is 0 Å². The molecule has 0 rings (SSSR count). The van der Waals surface area contributed by atoms with Crippen LogP contribution in [0.3, 0.4) is 0 Å². The molecule has 0 aromatic rings. The van der Waals surface area contributed by atoms with Crippen LogP contribution in [-0.2, 0) is 9.59 Å². The smallest absolute Gasteiger partial charge is 0.545 e. The maximum Gasteiger partial charge on any atom is 1.00 e. The minimum Gasteiger partial charge on any atom is -0.545 e. The van der Waals surface area contributed by atoms with Crippen LogP contribution in [0.15, 0.2) is 12.2 Å². The normalized spacial score (nSPS) is 6.91. The Morgan fingerprint density at radius 3 is 1.09 bits per heavy atom. The fraction of sp³-hybridized carbons (Fsp3) is 0. The molecule has 0 aromatic carbocycles. The molecule has 11 heavy (non-hydrogen) atoms. The van der Waals surface area contributed by atoms with Gasteiger partial charge in [0.05, 0.1) is 11.9 Å². The predicted molar refractivity (Wildman–Crippen MR) is 19.2 cm³/mol. The molecule has 7 heteroatoms. The van der Waals surface area contributed by atoms with Gasteiger partial charge in [-0.15, -0.1) is 0 Å². The molecule has 0 saturated carbocycles. The Morgan fingerprint density at radius 1 is 0.818 bits per heavy atom. The fourth-order valence-electron chi connectivity index (χ4n) is 0.136. The SMILES string of the molecule is O=C([O-])C=CC(=O)[O-].[K+].[K+].[K+]. The van der Waals surface area contributed by atoms with Crippen molar-refractivity contribution in [2.45, 2.75) is 0 Å². The fourth-order valence-corrected chi connectivity index (χ4v) is 0.136. The summed E-state index contributed by atoms with van der Waals surface area (Å²) < 4.78 is 0. The summed E-state index contributed by atoms with van der Waals surface area (Å²) >= 11 is 0. The predicted octanol–water partition coefficient (Wildman–Crippen LogP) is -11.9. The van der Waals surface area contributed by atoms with E-state index >= 15 is 0 Å². The molecular weight excluding hydrogens is 229 g/mol. The Bertz CT molecular complexity index is 128. The van der Waals surface area contributed by atoms with Crippen molar-refractivity contribution in [1.29, 1.82) is 0 Å². The first-order chi connectivity index (χ1) is 3.63. The maximum atomic E-state index is 9.41. The van der Waals surface area contributed by atoms with E-state index in [2.05, 4.69) is 0 Å². The zero-order valence-electron chi connectivity index (χ0n) is 6.79. The Kier molecular flexibility index (Phi) is 35.0. The summed E-state index contributed by atoms with van der Waals surface area (Å²) in [6.07, 6.45) is 0.769. The molecule has 0 spiro atoms. The van der Waals surface area contributed by atoms with Gasteiger partial charge < -0.3 is 19.8 Å². The average molecular weight is 231 g/mol. The molecule has 4 nitrogen and oxygen atoms in total. The first-order valence-electron chi connectivity index (χ1n) is 1.73. The zero-order valence-corrected chi connectivity index (χ0v) is 16.2. The third-order valence-electron chi connectivity index (χ3n) is 0.355. The largest absolute Gasteiger partial charge is 1.00 e. The van der Waals surface area contributed by atoms with Gasteiger partial charge in [0.1, 0.15) is 0 Å². The topological polar surface area (TPSA) is 80.3 Å². The van der Waals surface area contributed by atoms with Crippen LogP contribution in [-0.4, -0.2) is 11.9 Å². The van der Waals surface area contributed by atoms with Crippen LogP contribution in [0.2, 0.25) is 0 Å². The van der Waals surface area contributed by atoms with Crippen LogP contribution < -0.4 is 164 Å². The molecule has 0 bridgehead atoms. The van der Waals surface area contributed by atoms with E-state index < -0.39 is 11.9 Å². The van der Waals surface area contributed by atoms with E-state index in [0.29, 0.717) is 12.2 Å². The van der Waals surface area contributed by atoms with E-state index in [-0.39, 0.29) is 154 Å². The van der Waals surface area contributed by atoms with E-state index in [1.165, 1.54) is 0 Å². The quantitative estimate of drug-likeness (QED) is 0.349. The van der Waals surface area contributed by atoms with Crippen LogP contribution in [0.4, 0.5) is 0 Å². The van der Waals surface area contributed by atoms with Gasteiger partial charge in [-0.3, -0.25) is 0 Å². The molecule has 0 aliphatic carbocycles. The van der Waals surface area contributed by atoms with Crippen LogP contribution in [0.5, 0.6) is 0 Å². The molecule has 0 N–H and O–H groups in total. The number of aliphatic carboxylic acids is 2. The van der Waals surface area contributed by atoms with E-state index in [4.69, 9.17) is 0 Å². The summed E-state index contributed by atoms with van der Waals surface area (Å²) in [6, 6.07) is 0. The van der Waals surface area contributed by atoms with Gasteiger partial charge in [0, 0.05) is 0 Å². The van der Waals surface area contributed by atoms with E-state index in [1.54, 1.807) is 0 Å². The monoisotopic (exact) mass is 231 g/mol. The van der Waals surface area contributed by atoms with Crippen molar-refractivity contribution in [3.05, 3.63) is 12.2 Å². The maximum absolute atomic E-state index is 9.41. The van der Waals surface area contributed by atoms with E-state index in [1.807, 2.05) is 0 Å². The van der Waals surface area contributed by atoms with Gasteiger partial charge in [0.15, 0.2) is 0 Å². The van der Waals surface area contributed by atoms with Crippen LogP contribution >= 0.6 is 0 Å². The van der Waals surface area contributed by atoms with Crippen LogP contribution in [0, 0.1) is 0 Å². The third kappa shape index (κ3) is 24.7. The van der Waals surface area contributed by atoms with Gasteiger partial charge in [-0.05, 0) is 12.2 Å².